The molecule has 0 unspecified atom stereocenters. The summed E-state index contributed by atoms with van der Waals surface area (Å²) in [5.41, 5.74) is -1.20. The van der Waals surface area contributed by atoms with Crippen molar-refractivity contribution in [3.63, 3.8) is 0 Å². The standard InChI is InChI=1S/C18H30N2O6/c1-2-3-4-5-6-7-8-11-25-16-13(12-21)26-17(15(16)23)20-10-9-14(22)19-18(20)24/h9-10,13,15-17,21,23H,2-8,11-12H2,1H3,(H,19,22,24)/t13-,15-,16-,17-/m1/s1. The number of hydrogen-bond donors (Lipinski definition) is 3. The molecule has 8 nitrogen and oxygen atoms in total. The number of ether oxygens (including phenoxy) is 2. The molecular formula is C18H30N2O6. The first kappa shape index (κ1) is 20.8. The van der Waals surface area contributed by atoms with Crippen molar-refractivity contribution in [2.24, 2.45) is 0 Å². The van der Waals surface area contributed by atoms with Gasteiger partial charge in [0.2, 0.25) is 0 Å². The number of nitrogens with zero attached hydrogens (tertiary/aromatic N) is 1. The number of hydrogen-bond acceptors (Lipinski definition) is 6. The predicted octanol–water partition coefficient (Wildman–Crippen LogP) is 0.923. The Hall–Kier alpha value is -1.48. The number of aliphatic hydroxyl groups excluding tert-OH is 2. The molecule has 1 aromatic heterocycles. The van der Waals surface area contributed by atoms with Gasteiger partial charge in [0.25, 0.3) is 5.56 Å². The SMILES string of the molecule is CCCCCCCCCO[C@H]1[C@@H](O)[C@H](n2ccc(=O)[nH]c2=O)O[C@@H]1CO. The summed E-state index contributed by atoms with van der Waals surface area (Å²) in [4.78, 5) is 25.2. The first-order valence-corrected chi connectivity index (χ1v) is 9.46. The summed E-state index contributed by atoms with van der Waals surface area (Å²) in [6.07, 6.45) is 5.77. The highest BCUT2D eigenvalue weighted by molar-refractivity contribution is 4.93. The highest BCUT2D eigenvalue weighted by Crippen LogP contribution is 2.30. The Balaban J connectivity index is 1.84. The van der Waals surface area contributed by atoms with Gasteiger partial charge in [-0.1, -0.05) is 45.4 Å². The zero-order valence-corrected chi connectivity index (χ0v) is 15.3. The van der Waals surface area contributed by atoms with Crippen LogP contribution >= 0.6 is 0 Å². The van der Waals surface area contributed by atoms with Crippen LogP contribution in [0, 0.1) is 0 Å². The summed E-state index contributed by atoms with van der Waals surface area (Å²) in [6, 6.07) is 1.18. The second-order valence-electron chi connectivity index (χ2n) is 6.71. The molecule has 1 aromatic rings. The normalized spacial score (nSPS) is 25.7. The number of nitrogens with one attached hydrogen (secondary N) is 1. The molecule has 1 aliphatic heterocycles. The molecule has 1 aliphatic rings. The van der Waals surface area contributed by atoms with E-state index < -0.39 is 35.8 Å². The molecule has 0 bridgehead atoms. The maximum Gasteiger partial charge on any atom is 0.330 e. The molecule has 3 N–H and O–H groups in total. The van der Waals surface area contributed by atoms with Gasteiger partial charge in [0.1, 0.15) is 18.3 Å². The second kappa shape index (κ2) is 10.6. The summed E-state index contributed by atoms with van der Waals surface area (Å²) in [5, 5.41) is 20.0. The largest absolute Gasteiger partial charge is 0.394 e. The lowest BCUT2D eigenvalue weighted by Gasteiger charge is -2.20. The van der Waals surface area contributed by atoms with Crippen LogP contribution in [0.25, 0.3) is 0 Å². The lowest BCUT2D eigenvalue weighted by molar-refractivity contribution is -0.0626. The van der Waals surface area contributed by atoms with Crippen molar-refractivity contribution in [3.8, 4) is 0 Å². The van der Waals surface area contributed by atoms with E-state index in [0.29, 0.717) is 6.61 Å². The third-order valence-corrected chi connectivity index (χ3v) is 4.67. The molecule has 0 radical (unpaired) electrons. The molecule has 0 saturated carbocycles. The van der Waals surface area contributed by atoms with E-state index in [9.17, 15) is 19.8 Å². The minimum Gasteiger partial charge on any atom is -0.394 e. The number of aliphatic hydroxyl groups is 2. The van der Waals surface area contributed by atoms with Gasteiger partial charge in [-0.3, -0.25) is 14.3 Å². The van der Waals surface area contributed by atoms with Gasteiger partial charge in [-0.2, -0.15) is 0 Å². The number of unbranched alkanes of at least 4 members (excludes halogenated alkanes) is 6. The molecule has 26 heavy (non-hydrogen) atoms. The predicted molar refractivity (Wildman–Crippen MR) is 96.1 cm³/mol. The van der Waals surface area contributed by atoms with E-state index in [1.165, 1.54) is 37.9 Å². The van der Waals surface area contributed by atoms with Gasteiger partial charge < -0.3 is 19.7 Å². The van der Waals surface area contributed by atoms with Crippen LogP contribution in [-0.4, -0.2) is 51.3 Å². The number of H-pyrrole nitrogens is 1. The van der Waals surface area contributed by atoms with Crippen molar-refractivity contribution < 1.29 is 19.7 Å². The van der Waals surface area contributed by atoms with Crippen LogP contribution in [0.2, 0.25) is 0 Å². The van der Waals surface area contributed by atoms with Crippen molar-refractivity contribution in [1.29, 1.82) is 0 Å². The van der Waals surface area contributed by atoms with E-state index in [2.05, 4.69) is 11.9 Å². The van der Waals surface area contributed by atoms with Crippen molar-refractivity contribution in [1.82, 2.24) is 9.55 Å². The average Bonchev–Trinajstić information content (AvgIpc) is 2.93. The third kappa shape index (κ3) is 5.51. The van der Waals surface area contributed by atoms with Gasteiger partial charge in [-0.05, 0) is 6.42 Å². The van der Waals surface area contributed by atoms with Crippen molar-refractivity contribution in [2.75, 3.05) is 13.2 Å². The molecule has 0 aliphatic carbocycles. The molecule has 1 saturated heterocycles. The quantitative estimate of drug-likeness (QED) is 0.499. The Bertz CT molecular complexity index is 643. The number of aromatic nitrogens is 2. The van der Waals surface area contributed by atoms with Crippen LogP contribution in [0.5, 0.6) is 0 Å². The summed E-state index contributed by atoms with van der Waals surface area (Å²) in [5.74, 6) is 0. The summed E-state index contributed by atoms with van der Waals surface area (Å²) < 4.78 is 12.4. The van der Waals surface area contributed by atoms with Gasteiger partial charge in [0.15, 0.2) is 6.23 Å². The summed E-state index contributed by atoms with van der Waals surface area (Å²) in [6.45, 7) is 2.32. The minimum atomic E-state index is -1.11. The highest BCUT2D eigenvalue weighted by Gasteiger charge is 2.45. The minimum absolute atomic E-state index is 0.326. The summed E-state index contributed by atoms with van der Waals surface area (Å²) in [7, 11) is 0. The molecule has 8 heteroatoms. The van der Waals surface area contributed by atoms with E-state index in [0.717, 1.165) is 23.8 Å². The van der Waals surface area contributed by atoms with Crippen LogP contribution in [-0.2, 0) is 9.47 Å². The highest BCUT2D eigenvalue weighted by atomic mass is 16.6. The molecule has 148 valence electrons. The van der Waals surface area contributed by atoms with Crippen molar-refractivity contribution >= 4 is 0 Å². The molecule has 0 spiro atoms. The molecule has 2 rings (SSSR count). The van der Waals surface area contributed by atoms with Crippen LogP contribution < -0.4 is 11.2 Å². The lowest BCUT2D eigenvalue weighted by atomic mass is 10.1. The zero-order valence-electron chi connectivity index (χ0n) is 15.3. The topological polar surface area (TPSA) is 114 Å². The monoisotopic (exact) mass is 370 g/mol. The maximum atomic E-state index is 11.9. The summed E-state index contributed by atoms with van der Waals surface area (Å²) >= 11 is 0. The van der Waals surface area contributed by atoms with E-state index in [-0.39, 0.29) is 6.61 Å². The van der Waals surface area contributed by atoms with Gasteiger partial charge in [0, 0.05) is 18.9 Å². The molecule has 0 amide bonds. The van der Waals surface area contributed by atoms with Crippen molar-refractivity contribution in [3.05, 3.63) is 33.1 Å². The molecule has 2 heterocycles. The molecular weight excluding hydrogens is 340 g/mol. The number of aromatic amines is 1. The Morgan fingerprint density at radius 2 is 1.88 bits per heavy atom. The second-order valence-corrected chi connectivity index (χ2v) is 6.71. The smallest absolute Gasteiger partial charge is 0.330 e. The van der Waals surface area contributed by atoms with E-state index in [4.69, 9.17) is 9.47 Å². The van der Waals surface area contributed by atoms with Crippen LogP contribution in [0.15, 0.2) is 21.9 Å². The Morgan fingerprint density at radius 3 is 2.54 bits per heavy atom. The maximum absolute atomic E-state index is 11.9. The lowest BCUT2D eigenvalue weighted by Crippen LogP contribution is -2.39. The first-order valence-electron chi connectivity index (χ1n) is 9.46. The third-order valence-electron chi connectivity index (χ3n) is 4.67. The fourth-order valence-electron chi connectivity index (χ4n) is 3.21. The average molecular weight is 370 g/mol. The fourth-order valence-corrected chi connectivity index (χ4v) is 3.21. The fraction of sp³-hybridized carbons (Fsp3) is 0.778. The Kier molecular flexibility index (Phi) is 8.50. The zero-order chi connectivity index (χ0) is 18.9. The molecule has 1 fully saturated rings. The van der Waals surface area contributed by atoms with E-state index >= 15 is 0 Å². The van der Waals surface area contributed by atoms with Gasteiger partial charge in [0.05, 0.1) is 6.61 Å². The van der Waals surface area contributed by atoms with Gasteiger partial charge in [-0.25, -0.2) is 4.79 Å². The van der Waals surface area contributed by atoms with Gasteiger partial charge >= 0.3 is 5.69 Å². The van der Waals surface area contributed by atoms with Crippen LogP contribution in [0.1, 0.15) is 58.1 Å². The van der Waals surface area contributed by atoms with Crippen LogP contribution in [0.4, 0.5) is 0 Å². The Morgan fingerprint density at radius 1 is 1.19 bits per heavy atom. The van der Waals surface area contributed by atoms with Crippen molar-refractivity contribution in [2.45, 2.75) is 76.4 Å². The number of rotatable bonds is 11. The Labute approximate surface area is 152 Å². The van der Waals surface area contributed by atoms with Gasteiger partial charge in [-0.15, -0.1) is 0 Å². The van der Waals surface area contributed by atoms with Crippen LogP contribution in [0.3, 0.4) is 0 Å². The van der Waals surface area contributed by atoms with E-state index in [1.54, 1.807) is 0 Å². The molecule has 4 atom stereocenters. The van der Waals surface area contributed by atoms with E-state index in [1.807, 2.05) is 0 Å². The first-order chi connectivity index (χ1) is 12.6. The molecule has 0 aromatic carbocycles.